The maximum atomic E-state index is 10.9. The number of aromatic nitrogens is 1. The zero-order valence-electron chi connectivity index (χ0n) is 13.9. The van der Waals surface area contributed by atoms with E-state index in [2.05, 4.69) is 33.8 Å². The fourth-order valence-corrected chi connectivity index (χ4v) is 3.08. The van der Waals surface area contributed by atoms with Gasteiger partial charge in [0.15, 0.2) is 0 Å². The number of anilines is 3. The highest BCUT2D eigenvalue weighted by Crippen LogP contribution is 2.28. The maximum Gasteiger partial charge on any atom is 0.292 e. The molecular weight excluding hydrogens is 306 g/mol. The van der Waals surface area contributed by atoms with Gasteiger partial charge in [-0.3, -0.25) is 10.1 Å². The summed E-state index contributed by atoms with van der Waals surface area (Å²) in [6, 6.07) is 9.09. The minimum atomic E-state index is -0.456. The van der Waals surface area contributed by atoms with Gasteiger partial charge in [0.05, 0.1) is 4.92 Å². The van der Waals surface area contributed by atoms with Gasteiger partial charge in [-0.1, -0.05) is 0 Å². The average molecular weight is 327 g/mol. The van der Waals surface area contributed by atoms with E-state index >= 15 is 0 Å². The molecule has 24 heavy (non-hydrogen) atoms. The van der Waals surface area contributed by atoms with Gasteiger partial charge in [-0.05, 0) is 43.7 Å². The van der Waals surface area contributed by atoms with Crippen LogP contribution in [0.15, 0.2) is 30.3 Å². The number of nitrogens with two attached hydrogens (primary N) is 1. The Morgan fingerprint density at radius 3 is 2.33 bits per heavy atom. The van der Waals surface area contributed by atoms with Gasteiger partial charge in [0.1, 0.15) is 11.5 Å². The summed E-state index contributed by atoms with van der Waals surface area (Å²) in [4.78, 5) is 19.5. The van der Waals surface area contributed by atoms with E-state index in [9.17, 15) is 10.1 Å². The molecule has 1 aromatic heterocycles. The average Bonchev–Trinajstić information content (AvgIpc) is 2.53. The molecule has 0 radical (unpaired) electrons. The summed E-state index contributed by atoms with van der Waals surface area (Å²) in [7, 11) is 0. The molecular formula is C17H21N5O2. The Labute approximate surface area is 140 Å². The number of nitro groups is 1. The summed E-state index contributed by atoms with van der Waals surface area (Å²) in [5.74, 6) is 1.01. The van der Waals surface area contributed by atoms with Gasteiger partial charge in [-0.15, -0.1) is 0 Å². The van der Waals surface area contributed by atoms with Gasteiger partial charge in [0, 0.05) is 43.6 Å². The van der Waals surface area contributed by atoms with Gasteiger partial charge in [0.25, 0.3) is 5.69 Å². The fraction of sp³-hybridized carbons (Fsp3) is 0.353. The lowest BCUT2D eigenvalue weighted by Gasteiger charge is -2.37. The Balaban J connectivity index is 1.71. The van der Waals surface area contributed by atoms with E-state index in [4.69, 9.17) is 5.73 Å². The first-order valence-corrected chi connectivity index (χ1v) is 7.93. The molecule has 7 heteroatoms. The summed E-state index contributed by atoms with van der Waals surface area (Å²) in [5.41, 5.74) is 9.11. The third-order valence-electron chi connectivity index (χ3n) is 4.26. The van der Waals surface area contributed by atoms with E-state index in [-0.39, 0.29) is 11.4 Å². The Morgan fingerprint density at radius 1 is 1.08 bits per heavy atom. The van der Waals surface area contributed by atoms with Gasteiger partial charge in [-0.2, -0.15) is 0 Å². The van der Waals surface area contributed by atoms with Crippen molar-refractivity contribution in [3.8, 4) is 0 Å². The van der Waals surface area contributed by atoms with Crippen LogP contribution < -0.4 is 15.5 Å². The molecule has 1 fully saturated rings. The molecule has 2 N–H and O–H groups in total. The Bertz CT molecular complexity index is 749. The molecule has 2 heterocycles. The number of pyridine rings is 1. The first kappa shape index (κ1) is 16.0. The number of nitrogens with zero attached hydrogens (tertiary/aromatic N) is 4. The molecule has 1 aromatic carbocycles. The SMILES string of the molecule is Cc1cc(C)nc(N2CCN(c3ccc([N+](=O)[O-])c(N)c3)CC2)c1. The number of nitrogen functional groups attached to an aromatic ring is 1. The smallest absolute Gasteiger partial charge is 0.292 e. The van der Waals surface area contributed by atoms with Crippen molar-refractivity contribution in [2.75, 3.05) is 41.7 Å². The third-order valence-corrected chi connectivity index (χ3v) is 4.26. The molecule has 0 unspecified atom stereocenters. The quantitative estimate of drug-likeness (QED) is 0.529. The standard InChI is InChI=1S/C17H21N5O2/c1-12-9-13(2)19-17(10-12)21-7-5-20(6-8-21)14-3-4-16(22(23)24)15(18)11-14/h3-4,9-11H,5-8,18H2,1-2H3. The van der Waals surface area contributed by atoms with Gasteiger partial charge < -0.3 is 15.5 Å². The Morgan fingerprint density at radius 2 is 1.75 bits per heavy atom. The highest BCUT2D eigenvalue weighted by atomic mass is 16.6. The topological polar surface area (TPSA) is 88.5 Å². The number of piperazine rings is 1. The molecule has 126 valence electrons. The molecule has 1 aliphatic heterocycles. The van der Waals surface area contributed by atoms with E-state index in [0.29, 0.717) is 0 Å². The van der Waals surface area contributed by atoms with Crippen molar-refractivity contribution in [3.63, 3.8) is 0 Å². The number of nitro benzene ring substituents is 1. The summed E-state index contributed by atoms with van der Waals surface area (Å²) in [6.45, 7) is 7.44. The zero-order chi connectivity index (χ0) is 17.3. The third kappa shape index (κ3) is 3.24. The number of hydrogen-bond donors (Lipinski definition) is 1. The lowest BCUT2D eigenvalue weighted by Crippen LogP contribution is -2.46. The van der Waals surface area contributed by atoms with Crippen LogP contribution in [0.3, 0.4) is 0 Å². The van der Waals surface area contributed by atoms with Crippen molar-refractivity contribution >= 4 is 22.9 Å². The van der Waals surface area contributed by atoms with Crippen molar-refractivity contribution < 1.29 is 4.92 Å². The van der Waals surface area contributed by atoms with Crippen molar-refractivity contribution in [1.29, 1.82) is 0 Å². The number of rotatable bonds is 3. The highest BCUT2D eigenvalue weighted by molar-refractivity contribution is 5.67. The second-order valence-corrected chi connectivity index (χ2v) is 6.12. The molecule has 0 bridgehead atoms. The van der Waals surface area contributed by atoms with Crippen LogP contribution in [0.2, 0.25) is 0 Å². The van der Waals surface area contributed by atoms with E-state index < -0.39 is 4.92 Å². The lowest BCUT2D eigenvalue weighted by atomic mass is 10.2. The van der Waals surface area contributed by atoms with E-state index in [1.165, 1.54) is 11.6 Å². The fourth-order valence-electron chi connectivity index (χ4n) is 3.08. The molecule has 1 aliphatic rings. The Hall–Kier alpha value is -2.83. The van der Waals surface area contributed by atoms with Crippen LogP contribution in [-0.2, 0) is 0 Å². The second kappa shape index (κ2) is 6.35. The minimum absolute atomic E-state index is 0.0446. The monoisotopic (exact) mass is 327 g/mol. The van der Waals surface area contributed by atoms with Crippen LogP contribution in [0.5, 0.6) is 0 Å². The lowest BCUT2D eigenvalue weighted by molar-refractivity contribution is -0.383. The first-order chi connectivity index (χ1) is 11.4. The number of aryl methyl sites for hydroxylation is 2. The maximum absolute atomic E-state index is 10.9. The highest BCUT2D eigenvalue weighted by Gasteiger charge is 2.20. The predicted octanol–water partition coefficient (Wildman–Crippen LogP) is 2.52. The molecule has 0 saturated carbocycles. The molecule has 2 aromatic rings. The largest absolute Gasteiger partial charge is 0.393 e. The second-order valence-electron chi connectivity index (χ2n) is 6.12. The van der Waals surface area contributed by atoms with Crippen LogP contribution >= 0.6 is 0 Å². The van der Waals surface area contributed by atoms with Crippen LogP contribution in [-0.4, -0.2) is 36.1 Å². The minimum Gasteiger partial charge on any atom is -0.393 e. The summed E-state index contributed by atoms with van der Waals surface area (Å²) >= 11 is 0. The Kier molecular flexibility index (Phi) is 4.24. The van der Waals surface area contributed by atoms with Gasteiger partial charge in [-0.25, -0.2) is 4.98 Å². The van der Waals surface area contributed by atoms with Crippen LogP contribution in [0, 0.1) is 24.0 Å². The molecule has 0 spiro atoms. The molecule has 0 amide bonds. The van der Waals surface area contributed by atoms with E-state index in [1.54, 1.807) is 12.1 Å². The molecule has 7 nitrogen and oxygen atoms in total. The van der Waals surface area contributed by atoms with Gasteiger partial charge >= 0.3 is 0 Å². The van der Waals surface area contributed by atoms with E-state index in [1.807, 2.05) is 6.92 Å². The molecule has 0 aliphatic carbocycles. The van der Waals surface area contributed by atoms with Crippen LogP contribution in [0.25, 0.3) is 0 Å². The van der Waals surface area contributed by atoms with Crippen LogP contribution in [0.4, 0.5) is 22.9 Å². The predicted molar refractivity (Wildman–Crippen MR) is 95.6 cm³/mol. The number of benzene rings is 1. The molecule has 1 saturated heterocycles. The van der Waals surface area contributed by atoms with Crippen molar-refractivity contribution in [3.05, 3.63) is 51.7 Å². The summed E-state index contributed by atoms with van der Waals surface area (Å²) < 4.78 is 0. The molecule has 0 atom stereocenters. The van der Waals surface area contributed by atoms with Crippen molar-refractivity contribution in [2.24, 2.45) is 0 Å². The summed E-state index contributed by atoms with van der Waals surface area (Å²) in [6.07, 6.45) is 0. The van der Waals surface area contributed by atoms with Crippen molar-refractivity contribution in [1.82, 2.24) is 4.98 Å². The first-order valence-electron chi connectivity index (χ1n) is 7.93. The zero-order valence-corrected chi connectivity index (χ0v) is 13.9. The van der Waals surface area contributed by atoms with Crippen LogP contribution in [0.1, 0.15) is 11.3 Å². The number of hydrogen-bond acceptors (Lipinski definition) is 6. The van der Waals surface area contributed by atoms with E-state index in [0.717, 1.165) is 43.4 Å². The summed E-state index contributed by atoms with van der Waals surface area (Å²) in [5, 5.41) is 10.9. The van der Waals surface area contributed by atoms with Gasteiger partial charge in [0.2, 0.25) is 0 Å². The molecule has 3 rings (SSSR count). The van der Waals surface area contributed by atoms with Crippen molar-refractivity contribution in [2.45, 2.75) is 13.8 Å². The normalized spacial score (nSPS) is 14.8.